The SMILES string of the molecule is O=C(COC(=O)[C@H]1CC=CCC1)NCc1ccc(Cl)cc1Cl. The first kappa shape index (κ1) is 16.8. The number of carbonyl (C=O) groups excluding carboxylic acids is 2. The summed E-state index contributed by atoms with van der Waals surface area (Å²) < 4.78 is 5.04. The Bertz CT molecular complexity index is 587. The number of benzene rings is 1. The maximum absolute atomic E-state index is 11.8. The highest BCUT2D eigenvalue weighted by Crippen LogP contribution is 2.21. The molecule has 2 rings (SSSR count). The van der Waals surface area contributed by atoms with E-state index in [1.165, 1.54) is 0 Å². The zero-order chi connectivity index (χ0) is 15.9. The molecule has 1 aliphatic rings. The molecule has 1 N–H and O–H groups in total. The number of nitrogens with one attached hydrogen (secondary N) is 1. The summed E-state index contributed by atoms with van der Waals surface area (Å²) in [6.45, 7) is -0.0111. The topological polar surface area (TPSA) is 55.4 Å². The second-order valence-corrected chi connectivity index (χ2v) is 5.95. The Morgan fingerprint density at radius 2 is 2.09 bits per heavy atom. The largest absolute Gasteiger partial charge is 0.455 e. The summed E-state index contributed by atoms with van der Waals surface area (Å²) in [7, 11) is 0. The summed E-state index contributed by atoms with van der Waals surface area (Å²) in [5.74, 6) is -0.807. The quantitative estimate of drug-likeness (QED) is 0.658. The Balaban J connectivity index is 1.73. The first-order valence-electron chi connectivity index (χ1n) is 7.08. The van der Waals surface area contributed by atoms with Crippen molar-refractivity contribution < 1.29 is 14.3 Å². The second kappa shape index (κ2) is 8.20. The molecule has 0 heterocycles. The Morgan fingerprint density at radius 1 is 1.27 bits per heavy atom. The molecular formula is C16H17Cl2NO3. The van der Waals surface area contributed by atoms with Gasteiger partial charge in [0.15, 0.2) is 6.61 Å². The molecule has 1 aromatic rings. The third-order valence-corrected chi connectivity index (χ3v) is 4.03. The minimum absolute atomic E-state index is 0.136. The van der Waals surface area contributed by atoms with E-state index in [0.29, 0.717) is 16.5 Å². The van der Waals surface area contributed by atoms with Crippen LogP contribution in [0.15, 0.2) is 30.4 Å². The zero-order valence-electron chi connectivity index (χ0n) is 12.0. The molecule has 0 radical (unpaired) electrons. The number of allylic oxidation sites excluding steroid dienone is 2. The van der Waals surface area contributed by atoms with Crippen molar-refractivity contribution in [2.75, 3.05) is 6.61 Å². The van der Waals surface area contributed by atoms with Crippen molar-refractivity contribution in [3.05, 3.63) is 46.0 Å². The van der Waals surface area contributed by atoms with Crippen LogP contribution in [0.2, 0.25) is 10.0 Å². The summed E-state index contributed by atoms with van der Waals surface area (Å²) in [5.41, 5.74) is 0.753. The van der Waals surface area contributed by atoms with Gasteiger partial charge in [0.05, 0.1) is 5.92 Å². The molecule has 0 unspecified atom stereocenters. The standard InChI is InChI=1S/C16H17Cl2NO3/c17-13-7-6-12(14(18)8-13)9-19-15(20)10-22-16(21)11-4-2-1-3-5-11/h1-2,6-8,11H,3-5,9-10H2,(H,19,20)/t11-/m0/s1. The lowest BCUT2D eigenvalue weighted by atomic mass is 9.95. The minimum atomic E-state index is -0.356. The lowest BCUT2D eigenvalue weighted by molar-refractivity contribution is -0.152. The first-order valence-corrected chi connectivity index (χ1v) is 7.84. The van der Waals surface area contributed by atoms with Crippen molar-refractivity contribution in [1.82, 2.24) is 5.32 Å². The lowest BCUT2D eigenvalue weighted by Crippen LogP contribution is -2.30. The van der Waals surface area contributed by atoms with E-state index in [9.17, 15) is 9.59 Å². The van der Waals surface area contributed by atoms with Gasteiger partial charge >= 0.3 is 5.97 Å². The van der Waals surface area contributed by atoms with Crippen LogP contribution in [0.5, 0.6) is 0 Å². The molecule has 4 nitrogen and oxygen atoms in total. The molecule has 0 spiro atoms. The molecule has 0 saturated heterocycles. The summed E-state index contributed by atoms with van der Waals surface area (Å²) >= 11 is 11.8. The van der Waals surface area contributed by atoms with Gasteiger partial charge in [0, 0.05) is 16.6 Å². The molecule has 1 aliphatic carbocycles. The van der Waals surface area contributed by atoms with Crippen molar-refractivity contribution in [2.24, 2.45) is 5.92 Å². The van der Waals surface area contributed by atoms with Gasteiger partial charge in [-0.15, -0.1) is 0 Å². The Morgan fingerprint density at radius 3 is 2.77 bits per heavy atom. The van der Waals surface area contributed by atoms with Gasteiger partial charge in [0.25, 0.3) is 5.91 Å². The van der Waals surface area contributed by atoms with Crippen molar-refractivity contribution in [1.29, 1.82) is 0 Å². The molecule has 1 atom stereocenters. The number of esters is 1. The van der Waals surface area contributed by atoms with Gasteiger partial charge in [0.2, 0.25) is 0 Å². The molecule has 118 valence electrons. The number of amides is 1. The maximum atomic E-state index is 11.8. The van der Waals surface area contributed by atoms with Crippen molar-refractivity contribution >= 4 is 35.1 Å². The molecule has 0 saturated carbocycles. The second-order valence-electron chi connectivity index (χ2n) is 5.10. The fourth-order valence-corrected chi connectivity index (χ4v) is 2.65. The van der Waals surface area contributed by atoms with Gasteiger partial charge < -0.3 is 10.1 Å². The molecule has 1 amide bonds. The molecule has 0 fully saturated rings. The monoisotopic (exact) mass is 341 g/mol. The van der Waals surface area contributed by atoms with E-state index >= 15 is 0 Å². The van der Waals surface area contributed by atoms with Crippen LogP contribution >= 0.6 is 23.2 Å². The number of hydrogen-bond acceptors (Lipinski definition) is 3. The highest BCUT2D eigenvalue weighted by molar-refractivity contribution is 6.35. The molecule has 0 aliphatic heterocycles. The fraction of sp³-hybridized carbons (Fsp3) is 0.375. The highest BCUT2D eigenvalue weighted by atomic mass is 35.5. The van der Waals surface area contributed by atoms with E-state index in [1.54, 1.807) is 18.2 Å². The fourth-order valence-electron chi connectivity index (χ4n) is 2.17. The lowest BCUT2D eigenvalue weighted by Gasteiger charge is -2.16. The Hall–Kier alpha value is -1.52. The highest BCUT2D eigenvalue weighted by Gasteiger charge is 2.20. The number of ether oxygens (including phenoxy) is 1. The van der Waals surface area contributed by atoms with Gasteiger partial charge in [-0.05, 0) is 37.0 Å². The Kier molecular flexibility index (Phi) is 6.28. The first-order chi connectivity index (χ1) is 10.6. The van der Waals surface area contributed by atoms with E-state index in [2.05, 4.69) is 5.32 Å². The molecule has 0 aromatic heterocycles. The van der Waals surface area contributed by atoms with E-state index in [0.717, 1.165) is 18.4 Å². The van der Waals surface area contributed by atoms with Crippen LogP contribution in [0.4, 0.5) is 0 Å². The summed E-state index contributed by atoms with van der Waals surface area (Å²) in [5, 5.41) is 3.68. The van der Waals surface area contributed by atoms with Crippen molar-refractivity contribution in [3.63, 3.8) is 0 Å². The third kappa shape index (κ3) is 5.04. The van der Waals surface area contributed by atoms with Crippen molar-refractivity contribution in [2.45, 2.75) is 25.8 Å². The summed E-state index contributed by atoms with van der Waals surface area (Å²) in [6.07, 6.45) is 6.35. The van der Waals surface area contributed by atoms with Crippen LogP contribution in [-0.4, -0.2) is 18.5 Å². The van der Waals surface area contributed by atoms with E-state index in [-0.39, 0.29) is 30.9 Å². The third-order valence-electron chi connectivity index (χ3n) is 3.44. The minimum Gasteiger partial charge on any atom is -0.455 e. The summed E-state index contributed by atoms with van der Waals surface area (Å²) in [6, 6.07) is 5.05. The molecule has 6 heteroatoms. The van der Waals surface area contributed by atoms with Crippen LogP contribution in [0.25, 0.3) is 0 Å². The van der Waals surface area contributed by atoms with Crippen molar-refractivity contribution in [3.8, 4) is 0 Å². The maximum Gasteiger partial charge on any atom is 0.309 e. The number of carbonyl (C=O) groups is 2. The smallest absolute Gasteiger partial charge is 0.309 e. The van der Waals surface area contributed by atoms with Gasteiger partial charge in [-0.25, -0.2) is 0 Å². The predicted octanol–water partition coefficient (Wildman–Crippen LogP) is 3.51. The number of hydrogen-bond donors (Lipinski definition) is 1. The normalized spacial score (nSPS) is 17.1. The van der Waals surface area contributed by atoms with Crippen LogP contribution in [0, 0.1) is 5.92 Å². The Labute approximate surface area is 139 Å². The zero-order valence-corrected chi connectivity index (χ0v) is 13.5. The van der Waals surface area contributed by atoms with Crippen LogP contribution in [0.1, 0.15) is 24.8 Å². The van der Waals surface area contributed by atoms with Crippen LogP contribution in [0.3, 0.4) is 0 Å². The average Bonchev–Trinajstić information content (AvgIpc) is 2.52. The van der Waals surface area contributed by atoms with Gasteiger partial charge in [-0.2, -0.15) is 0 Å². The number of halogens is 2. The van der Waals surface area contributed by atoms with E-state index in [4.69, 9.17) is 27.9 Å². The molecule has 0 bridgehead atoms. The average molecular weight is 342 g/mol. The van der Waals surface area contributed by atoms with E-state index in [1.807, 2.05) is 12.2 Å². The molecular weight excluding hydrogens is 325 g/mol. The summed E-state index contributed by atoms with van der Waals surface area (Å²) in [4.78, 5) is 23.5. The molecule has 22 heavy (non-hydrogen) atoms. The molecule has 1 aromatic carbocycles. The van der Waals surface area contributed by atoms with Gasteiger partial charge in [-0.1, -0.05) is 41.4 Å². The van der Waals surface area contributed by atoms with Gasteiger partial charge in [-0.3, -0.25) is 9.59 Å². The number of rotatable bonds is 5. The van der Waals surface area contributed by atoms with Crippen LogP contribution in [-0.2, 0) is 20.9 Å². The van der Waals surface area contributed by atoms with Crippen LogP contribution < -0.4 is 5.32 Å². The van der Waals surface area contributed by atoms with Gasteiger partial charge in [0.1, 0.15) is 0 Å². The van der Waals surface area contributed by atoms with E-state index < -0.39 is 0 Å². The predicted molar refractivity (Wildman–Crippen MR) is 85.7 cm³/mol.